The van der Waals surface area contributed by atoms with Gasteiger partial charge in [-0.05, 0) is 201 Å². The first-order valence-corrected chi connectivity index (χ1v) is 38.9. The van der Waals surface area contributed by atoms with E-state index in [1.165, 1.54) is 193 Å². The molecule has 0 spiro atoms. The number of aromatic nitrogens is 2. The Hall–Kier alpha value is -9.34. The molecule has 0 fully saturated rings. The topological polar surface area (TPSA) is 57.0 Å². The first kappa shape index (κ1) is 66.5. The number of anilines is 6. The molecule has 15 rings (SSSR count). The van der Waals surface area contributed by atoms with Gasteiger partial charge in [0.05, 0.1) is 23.1 Å². The molecule has 1 aliphatic heterocycles. The van der Waals surface area contributed by atoms with Crippen molar-refractivity contribution in [3.63, 3.8) is 0 Å². The average molecular weight is 1350 g/mol. The molecule has 11 aromatic carbocycles. The molecule has 100 heavy (non-hydrogen) atoms. The molecule has 6 nitrogen and oxygen atoms in total. The largest absolute Gasteiger partial charge is 0.311 e. The molecule has 3 aliphatic rings. The van der Waals surface area contributed by atoms with Crippen molar-refractivity contribution < 1.29 is 0 Å². The molecule has 0 amide bonds. The van der Waals surface area contributed by atoms with Gasteiger partial charge in [0.15, 0.2) is 0 Å². The van der Waals surface area contributed by atoms with Crippen molar-refractivity contribution in [1.29, 1.82) is 0 Å². The molecule has 0 bridgehead atoms. The van der Waals surface area contributed by atoms with Crippen molar-refractivity contribution in [3.8, 4) is 66.8 Å². The van der Waals surface area contributed by atoms with Crippen LogP contribution < -0.4 is 9.80 Å². The van der Waals surface area contributed by atoms with Crippen LogP contribution in [0.25, 0.3) is 77.8 Å². The summed E-state index contributed by atoms with van der Waals surface area (Å²) in [5, 5.41) is 0. The van der Waals surface area contributed by atoms with Gasteiger partial charge in [-0.15, -0.1) is 0 Å². The van der Waals surface area contributed by atoms with Crippen LogP contribution in [0.1, 0.15) is 178 Å². The van der Waals surface area contributed by atoms with Crippen molar-refractivity contribution in [2.75, 3.05) is 9.80 Å². The lowest BCUT2D eigenvalue weighted by Gasteiger charge is -2.33. The van der Waals surface area contributed by atoms with E-state index in [1.54, 1.807) is 0 Å². The summed E-state index contributed by atoms with van der Waals surface area (Å²) in [5.74, 6) is 0. The molecule has 0 radical (unpaired) electrons. The maximum Gasteiger partial charge on any atom is 0.115 e. The van der Waals surface area contributed by atoms with E-state index in [0.717, 1.165) is 104 Å². The zero-order chi connectivity index (χ0) is 67.8. The van der Waals surface area contributed by atoms with Gasteiger partial charge in [-0.25, -0.2) is 0 Å². The van der Waals surface area contributed by atoms with E-state index in [9.17, 15) is 0 Å². The average Bonchev–Trinajstić information content (AvgIpc) is 1.55. The second kappa shape index (κ2) is 30.2. The molecule has 502 valence electrons. The predicted molar refractivity (Wildman–Crippen MR) is 428 cm³/mol. The fourth-order valence-corrected chi connectivity index (χ4v) is 18.1. The molecule has 8 heteroatoms. The lowest BCUT2D eigenvalue weighted by Crippen LogP contribution is -2.25. The number of para-hydroxylation sites is 4. The van der Waals surface area contributed by atoms with Gasteiger partial charge in [0, 0.05) is 56.1 Å². The van der Waals surface area contributed by atoms with E-state index < -0.39 is 0 Å². The van der Waals surface area contributed by atoms with E-state index in [-0.39, 0.29) is 10.8 Å². The summed E-state index contributed by atoms with van der Waals surface area (Å²) >= 11 is 2.64. The fourth-order valence-electron chi connectivity index (χ4n) is 17.0. The van der Waals surface area contributed by atoms with E-state index in [4.69, 9.17) is 17.5 Å². The highest BCUT2D eigenvalue weighted by molar-refractivity contribution is 7.58. The highest BCUT2D eigenvalue weighted by Gasteiger charge is 2.45. The zero-order valence-electron chi connectivity index (χ0n) is 58.7. The van der Waals surface area contributed by atoms with Gasteiger partial charge in [0.25, 0.3) is 0 Å². The number of fused-ring (bicyclic) bond motifs is 8. The summed E-state index contributed by atoms with van der Waals surface area (Å²) in [7, 11) is 0. The highest BCUT2D eigenvalue weighted by atomic mass is 32.1. The Labute approximate surface area is 601 Å². The van der Waals surface area contributed by atoms with Gasteiger partial charge in [-0.1, -0.05) is 276 Å². The van der Waals surface area contributed by atoms with Gasteiger partial charge >= 0.3 is 0 Å². The molecule has 0 N–H and O–H groups in total. The van der Waals surface area contributed by atoms with E-state index in [0.29, 0.717) is 0 Å². The number of nitrogens with zero attached hydrogens (tertiary/aromatic N) is 6. The third-order valence-corrected chi connectivity index (χ3v) is 23.1. The fraction of sp³-hybridized carbons (Fsp3) is 0.283. The van der Waals surface area contributed by atoms with Crippen LogP contribution >= 0.6 is 11.7 Å². The van der Waals surface area contributed by atoms with E-state index >= 15 is 0 Å². The van der Waals surface area contributed by atoms with Crippen LogP contribution in [-0.4, -0.2) is 8.75 Å². The second-order valence-electron chi connectivity index (χ2n) is 28.2. The lowest BCUT2D eigenvalue weighted by molar-refractivity contribution is 0.401. The van der Waals surface area contributed by atoms with Gasteiger partial charge in [0.2, 0.25) is 0 Å². The maximum atomic E-state index is 5.31. The molecule has 2 aliphatic carbocycles. The van der Waals surface area contributed by atoms with Crippen molar-refractivity contribution in [3.05, 3.63) is 265 Å². The Morgan fingerprint density at radius 2 is 0.550 bits per heavy atom. The van der Waals surface area contributed by atoms with E-state index in [1.807, 2.05) is 0 Å². The molecule has 0 atom stereocenters. The molecule has 0 saturated heterocycles. The first-order valence-electron chi connectivity index (χ1n) is 37.4. The van der Waals surface area contributed by atoms with Crippen molar-refractivity contribution >= 4 is 79.6 Å². The Balaban J connectivity index is 0.816. The number of rotatable bonds is 30. The van der Waals surface area contributed by atoms with Crippen molar-refractivity contribution in [2.45, 2.75) is 167 Å². The minimum atomic E-state index is -0.172. The third-order valence-electron chi connectivity index (χ3n) is 22.0. The van der Waals surface area contributed by atoms with Gasteiger partial charge in [-0.3, -0.25) is 0 Å². The second-order valence-corrected chi connectivity index (χ2v) is 29.3. The Kier molecular flexibility index (Phi) is 20.1. The molecule has 0 unspecified atom stereocenters. The van der Waals surface area contributed by atoms with Crippen molar-refractivity contribution in [1.82, 2.24) is 8.75 Å². The molecular weight excluding hydrogens is 1250 g/mol. The zero-order valence-corrected chi connectivity index (χ0v) is 60.4. The first-order chi connectivity index (χ1) is 49.4. The Morgan fingerprint density at radius 3 is 0.850 bits per heavy atom. The smallest absolute Gasteiger partial charge is 0.115 e. The Bertz CT molecular complexity index is 4480. The number of hydrogen-bond donors (Lipinski definition) is 0. The van der Waals surface area contributed by atoms with Gasteiger partial charge in [-0.2, -0.15) is 17.5 Å². The third kappa shape index (κ3) is 12.8. The van der Waals surface area contributed by atoms with Crippen LogP contribution in [-0.2, 0) is 22.2 Å². The summed E-state index contributed by atoms with van der Waals surface area (Å²) in [6.07, 6.45) is 23.8. The standard InChI is InChI=1S/C92H92N6S2/c1-5-9-13-29-57-91(58-30-14-10-6-2)81-61-67(65-41-49-75(50-42-65)97(71-33-21-17-22-34-71)72-35-23-18-24-36-72)45-53-77(81)79-55-47-69(63-83(79)91)85-87-89(95-99-93-87)86(90-88(85)94-100-96-90)70-48-56-80-78-54-46-68(62-82(78)92(84(80)64-70,59-31-15-11-7-3)60-32-16-12-8-4)66-43-51-76(52-44-66)98(73-37-25-19-26-38-73)74-39-27-20-28-40-74/h17-28,33-56,61-64H,5-16,29-32,57-60H2,1-4H3. The number of hydrogen-bond acceptors (Lipinski definition) is 7. The number of unbranched alkanes of at least 4 members (excludes halogenated alkanes) is 12. The van der Waals surface area contributed by atoms with Crippen LogP contribution in [0.3, 0.4) is 0 Å². The maximum absolute atomic E-state index is 5.31. The van der Waals surface area contributed by atoms with Crippen molar-refractivity contribution in [2.24, 2.45) is 8.73 Å². The Morgan fingerprint density at radius 1 is 0.280 bits per heavy atom. The summed E-state index contributed by atoms with van der Waals surface area (Å²) in [4.78, 5) is 4.70. The number of benzene rings is 11. The minimum Gasteiger partial charge on any atom is -0.311 e. The molecular formula is C92H92N6S2. The molecule has 12 aromatic rings. The minimum absolute atomic E-state index is 0.172. The quantitative estimate of drug-likeness (QED) is 0.0421. The predicted octanol–water partition coefficient (Wildman–Crippen LogP) is 28.4. The summed E-state index contributed by atoms with van der Waals surface area (Å²) in [6, 6.07) is 90.9. The summed E-state index contributed by atoms with van der Waals surface area (Å²) in [5.41, 5.74) is 30.8. The summed E-state index contributed by atoms with van der Waals surface area (Å²) in [6.45, 7) is 9.34. The SMILES string of the molecule is CCCCCCC1(CCCCCC)c2cc(-c3ccc(N(c4ccccc4)c4ccccc4)cc3)ccc2-c2ccc(-c3c4c(c(-c5ccc6c(c5)C(CCCCCC)(CCCCCC)c5cc(-c7ccc(N(c8ccccc8)c8ccccc8)cc7)ccc5-6)c5nsnc35)N=S=N4)cc21. The summed E-state index contributed by atoms with van der Waals surface area (Å²) < 4.78 is 21.2. The van der Waals surface area contributed by atoms with Crippen LogP contribution in [0, 0.1) is 0 Å². The lowest BCUT2D eigenvalue weighted by atomic mass is 9.69. The normalized spacial score (nSPS) is 13.4. The molecule has 1 aromatic heterocycles. The molecule has 2 heterocycles. The van der Waals surface area contributed by atoms with E-state index in [2.05, 4.69) is 280 Å². The van der Waals surface area contributed by atoms with Gasteiger partial charge < -0.3 is 9.80 Å². The van der Waals surface area contributed by atoms with Crippen LogP contribution in [0.5, 0.6) is 0 Å². The highest BCUT2D eigenvalue weighted by Crippen LogP contribution is 2.61. The van der Waals surface area contributed by atoms with Gasteiger partial charge in [0.1, 0.15) is 22.4 Å². The van der Waals surface area contributed by atoms with Crippen LogP contribution in [0.4, 0.5) is 45.5 Å². The van der Waals surface area contributed by atoms with Crippen LogP contribution in [0.15, 0.2) is 251 Å². The monoisotopic (exact) mass is 1340 g/mol. The van der Waals surface area contributed by atoms with Crippen LogP contribution in [0.2, 0.25) is 0 Å². The molecule has 0 saturated carbocycles.